The molecule has 0 radical (unpaired) electrons. The van der Waals surface area contributed by atoms with Crippen molar-refractivity contribution in [3.8, 4) is 0 Å². The Morgan fingerprint density at radius 1 is 1.00 bits per heavy atom. The smallest absolute Gasteiger partial charge is 0.0131 e. The standard InChI is InChI=1S/C14H22N2/c1-3-8-14(9-4-1)10-7-11-15-16-12-5-2-6-13-16/h1,3-4,8-9,15H,2,5-7,10-13H2. The molecule has 0 aliphatic carbocycles. The Labute approximate surface area is 98.6 Å². The van der Waals surface area contributed by atoms with E-state index in [1.165, 1.54) is 50.8 Å². The maximum Gasteiger partial charge on any atom is 0.0131 e. The van der Waals surface area contributed by atoms with Crippen molar-refractivity contribution in [3.63, 3.8) is 0 Å². The van der Waals surface area contributed by atoms with E-state index in [4.69, 9.17) is 0 Å². The van der Waals surface area contributed by atoms with Crippen LogP contribution in [0.3, 0.4) is 0 Å². The number of hydrogen-bond donors (Lipinski definition) is 1. The lowest BCUT2D eigenvalue weighted by molar-refractivity contribution is 0.154. The van der Waals surface area contributed by atoms with E-state index in [2.05, 4.69) is 40.8 Å². The molecule has 0 spiro atoms. The molecule has 1 aromatic carbocycles. The van der Waals surface area contributed by atoms with Crippen LogP contribution in [0.2, 0.25) is 0 Å². The monoisotopic (exact) mass is 218 g/mol. The number of benzene rings is 1. The first-order chi connectivity index (χ1) is 7.95. The van der Waals surface area contributed by atoms with Gasteiger partial charge in [-0.3, -0.25) is 5.43 Å². The Hall–Kier alpha value is -0.860. The first-order valence-corrected chi connectivity index (χ1v) is 6.47. The van der Waals surface area contributed by atoms with Gasteiger partial charge in [0, 0.05) is 19.6 Å². The molecular weight excluding hydrogens is 196 g/mol. The molecule has 1 aliphatic rings. The van der Waals surface area contributed by atoms with Crippen LogP contribution in [-0.4, -0.2) is 24.6 Å². The Bertz CT molecular complexity index is 278. The second-order valence-electron chi connectivity index (χ2n) is 4.54. The van der Waals surface area contributed by atoms with Gasteiger partial charge in [-0.15, -0.1) is 0 Å². The van der Waals surface area contributed by atoms with Gasteiger partial charge in [0.1, 0.15) is 0 Å². The molecule has 1 aliphatic heterocycles. The van der Waals surface area contributed by atoms with Crippen LogP contribution in [-0.2, 0) is 6.42 Å². The van der Waals surface area contributed by atoms with Gasteiger partial charge in [-0.2, -0.15) is 0 Å². The molecule has 0 saturated carbocycles. The van der Waals surface area contributed by atoms with Crippen LogP contribution < -0.4 is 5.43 Å². The summed E-state index contributed by atoms with van der Waals surface area (Å²) in [6.07, 6.45) is 6.52. The largest absolute Gasteiger partial charge is 0.255 e. The van der Waals surface area contributed by atoms with Crippen molar-refractivity contribution in [2.45, 2.75) is 32.1 Å². The maximum absolute atomic E-state index is 3.53. The van der Waals surface area contributed by atoms with Gasteiger partial charge in [-0.25, -0.2) is 5.01 Å². The zero-order valence-electron chi connectivity index (χ0n) is 9.99. The molecule has 16 heavy (non-hydrogen) atoms. The summed E-state index contributed by atoms with van der Waals surface area (Å²) in [4.78, 5) is 0. The predicted molar refractivity (Wildman–Crippen MR) is 68.2 cm³/mol. The van der Waals surface area contributed by atoms with Crippen molar-refractivity contribution < 1.29 is 0 Å². The van der Waals surface area contributed by atoms with E-state index in [9.17, 15) is 0 Å². The second-order valence-corrected chi connectivity index (χ2v) is 4.54. The van der Waals surface area contributed by atoms with E-state index in [0.717, 1.165) is 6.54 Å². The van der Waals surface area contributed by atoms with Crippen LogP contribution in [0.1, 0.15) is 31.2 Å². The number of hydrogen-bond acceptors (Lipinski definition) is 2. The molecule has 1 fully saturated rings. The van der Waals surface area contributed by atoms with E-state index in [0.29, 0.717) is 0 Å². The summed E-state index contributed by atoms with van der Waals surface area (Å²) in [7, 11) is 0. The predicted octanol–water partition coefficient (Wildman–Crippen LogP) is 2.61. The Morgan fingerprint density at radius 3 is 2.50 bits per heavy atom. The molecule has 88 valence electrons. The third kappa shape index (κ3) is 3.95. The fraction of sp³-hybridized carbons (Fsp3) is 0.571. The van der Waals surface area contributed by atoms with Crippen molar-refractivity contribution in [2.24, 2.45) is 0 Å². The second kappa shape index (κ2) is 6.66. The Kier molecular flexibility index (Phi) is 4.84. The molecule has 0 atom stereocenters. The lowest BCUT2D eigenvalue weighted by Gasteiger charge is -2.27. The topological polar surface area (TPSA) is 15.3 Å². The summed E-state index contributed by atoms with van der Waals surface area (Å²) < 4.78 is 0. The van der Waals surface area contributed by atoms with Crippen LogP contribution in [0, 0.1) is 0 Å². The minimum absolute atomic E-state index is 1.11. The van der Waals surface area contributed by atoms with Crippen molar-refractivity contribution in [3.05, 3.63) is 35.9 Å². The Balaban J connectivity index is 1.58. The van der Waals surface area contributed by atoms with Crippen LogP contribution in [0.15, 0.2) is 30.3 Å². The molecule has 2 heteroatoms. The van der Waals surface area contributed by atoms with Crippen molar-refractivity contribution in [2.75, 3.05) is 19.6 Å². The minimum Gasteiger partial charge on any atom is -0.255 e. The number of rotatable bonds is 5. The quantitative estimate of drug-likeness (QED) is 0.764. The molecule has 2 nitrogen and oxygen atoms in total. The minimum atomic E-state index is 1.11. The van der Waals surface area contributed by atoms with Crippen LogP contribution in [0.4, 0.5) is 0 Å². The molecule has 1 N–H and O–H groups in total. The van der Waals surface area contributed by atoms with E-state index in [1.54, 1.807) is 0 Å². The highest BCUT2D eigenvalue weighted by atomic mass is 15.5. The lowest BCUT2D eigenvalue weighted by Crippen LogP contribution is -2.42. The summed E-state index contributed by atoms with van der Waals surface area (Å²) in [5.41, 5.74) is 4.97. The average molecular weight is 218 g/mol. The van der Waals surface area contributed by atoms with Gasteiger partial charge < -0.3 is 0 Å². The molecule has 1 heterocycles. The molecule has 0 unspecified atom stereocenters. The van der Waals surface area contributed by atoms with Gasteiger partial charge in [-0.1, -0.05) is 36.8 Å². The fourth-order valence-corrected chi connectivity index (χ4v) is 2.23. The first kappa shape index (κ1) is 11.6. The third-order valence-electron chi connectivity index (χ3n) is 3.18. The SMILES string of the molecule is c1ccc(CCCNN2CCCCC2)cc1. The number of hydrazine groups is 1. The van der Waals surface area contributed by atoms with E-state index in [1.807, 2.05) is 0 Å². The van der Waals surface area contributed by atoms with E-state index < -0.39 is 0 Å². The molecule has 1 saturated heterocycles. The molecule has 0 aromatic heterocycles. The van der Waals surface area contributed by atoms with Crippen molar-refractivity contribution in [1.29, 1.82) is 0 Å². The highest BCUT2D eigenvalue weighted by Crippen LogP contribution is 2.06. The summed E-state index contributed by atoms with van der Waals surface area (Å²) in [5.74, 6) is 0. The normalized spacial score (nSPS) is 17.5. The molecule has 1 aromatic rings. The zero-order chi connectivity index (χ0) is 11.1. The fourth-order valence-electron chi connectivity index (χ4n) is 2.23. The molecule has 0 bridgehead atoms. The van der Waals surface area contributed by atoms with Gasteiger partial charge in [0.2, 0.25) is 0 Å². The molecular formula is C14H22N2. The first-order valence-electron chi connectivity index (χ1n) is 6.47. The highest BCUT2D eigenvalue weighted by molar-refractivity contribution is 5.14. The number of nitrogens with zero attached hydrogens (tertiary/aromatic N) is 1. The third-order valence-corrected chi connectivity index (χ3v) is 3.18. The molecule has 2 rings (SSSR count). The summed E-state index contributed by atoms with van der Waals surface area (Å²) >= 11 is 0. The van der Waals surface area contributed by atoms with Gasteiger partial charge in [0.05, 0.1) is 0 Å². The average Bonchev–Trinajstić information content (AvgIpc) is 2.37. The summed E-state index contributed by atoms with van der Waals surface area (Å²) in [6.45, 7) is 3.56. The number of nitrogens with one attached hydrogen (secondary N) is 1. The van der Waals surface area contributed by atoms with Crippen LogP contribution >= 0.6 is 0 Å². The van der Waals surface area contributed by atoms with Crippen LogP contribution in [0.5, 0.6) is 0 Å². The highest BCUT2D eigenvalue weighted by Gasteiger charge is 2.08. The maximum atomic E-state index is 3.53. The summed E-state index contributed by atoms with van der Waals surface area (Å²) in [6, 6.07) is 10.7. The van der Waals surface area contributed by atoms with E-state index in [-0.39, 0.29) is 0 Å². The lowest BCUT2D eigenvalue weighted by atomic mass is 10.1. The van der Waals surface area contributed by atoms with Gasteiger partial charge >= 0.3 is 0 Å². The van der Waals surface area contributed by atoms with Gasteiger partial charge in [-0.05, 0) is 31.2 Å². The Morgan fingerprint density at radius 2 is 1.75 bits per heavy atom. The van der Waals surface area contributed by atoms with E-state index >= 15 is 0 Å². The van der Waals surface area contributed by atoms with Crippen LogP contribution in [0.25, 0.3) is 0 Å². The van der Waals surface area contributed by atoms with Crippen molar-refractivity contribution >= 4 is 0 Å². The number of aryl methyl sites for hydroxylation is 1. The number of piperidine rings is 1. The van der Waals surface area contributed by atoms with Gasteiger partial charge in [0.15, 0.2) is 0 Å². The summed E-state index contributed by atoms with van der Waals surface area (Å²) in [5, 5.41) is 2.38. The van der Waals surface area contributed by atoms with Crippen molar-refractivity contribution in [1.82, 2.24) is 10.4 Å². The zero-order valence-corrected chi connectivity index (χ0v) is 9.99. The molecule has 0 amide bonds. The van der Waals surface area contributed by atoms with Gasteiger partial charge in [0.25, 0.3) is 0 Å².